The summed E-state index contributed by atoms with van der Waals surface area (Å²) in [5, 5.41) is 6.89. The lowest BCUT2D eigenvalue weighted by molar-refractivity contribution is -0.135. The second kappa shape index (κ2) is 8.28. The van der Waals surface area contributed by atoms with Crippen LogP contribution in [-0.4, -0.2) is 67.5 Å². The van der Waals surface area contributed by atoms with Gasteiger partial charge in [0, 0.05) is 32.2 Å². The molecule has 0 spiro atoms. The number of sulfonamides is 1. The summed E-state index contributed by atoms with van der Waals surface area (Å²) in [6.07, 6.45) is 4.40. The average Bonchev–Trinajstić information content (AvgIpc) is 3.07. The average molecular weight is 379 g/mol. The zero-order valence-corrected chi connectivity index (χ0v) is 15.0. The molecule has 136 valence electrons. The first kappa shape index (κ1) is 19.2. The number of hydrogen-bond donors (Lipinski definition) is 1. The van der Waals surface area contributed by atoms with E-state index in [0.717, 1.165) is 25.8 Å². The molecule has 8 nitrogen and oxygen atoms in total. The fourth-order valence-electron chi connectivity index (χ4n) is 3.06. The van der Waals surface area contributed by atoms with Crippen LogP contribution < -0.4 is 5.32 Å². The summed E-state index contributed by atoms with van der Waals surface area (Å²) in [7, 11) is -3.42. The van der Waals surface area contributed by atoms with Gasteiger partial charge in [0.1, 0.15) is 12.0 Å². The molecule has 0 bridgehead atoms. The zero-order valence-electron chi connectivity index (χ0n) is 13.4. The second-order valence-electron chi connectivity index (χ2n) is 5.97. The minimum Gasteiger partial charge on any atom is -0.364 e. The molecule has 1 amide bonds. The van der Waals surface area contributed by atoms with E-state index in [1.807, 2.05) is 0 Å². The third-order valence-corrected chi connectivity index (χ3v) is 6.19. The highest BCUT2D eigenvalue weighted by Gasteiger charge is 2.32. The fraction of sp³-hybridized carbons (Fsp3) is 0.714. The summed E-state index contributed by atoms with van der Waals surface area (Å²) >= 11 is 0. The van der Waals surface area contributed by atoms with Crippen molar-refractivity contribution in [2.45, 2.75) is 31.1 Å². The Labute approximate surface area is 148 Å². The number of rotatable bonds is 4. The number of carbonyl (C=O) groups excluding carboxylic acids is 1. The van der Waals surface area contributed by atoms with E-state index < -0.39 is 10.0 Å². The lowest BCUT2D eigenvalue weighted by Crippen LogP contribution is -2.55. The molecule has 1 N–H and O–H groups in total. The quantitative estimate of drug-likeness (QED) is 0.804. The highest BCUT2D eigenvalue weighted by Crippen LogP contribution is 2.15. The van der Waals surface area contributed by atoms with Gasteiger partial charge in [-0.3, -0.25) is 4.79 Å². The van der Waals surface area contributed by atoms with Gasteiger partial charge in [0.15, 0.2) is 0 Å². The van der Waals surface area contributed by atoms with E-state index in [2.05, 4.69) is 15.0 Å². The molecule has 0 aliphatic carbocycles. The Balaban J connectivity index is 0.00000208. The summed E-state index contributed by atoms with van der Waals surface area (Å²) in [5.41, 5.74) is 0.398. The molecule has 3 heterocycles. The number of nitrogens with zero attached hydrogens (tertiary/aromatic N) is 3. The molecule has 1 unspecified atom stereocenters. The van der Waals surface area contributed by atoms with Gasteiger partial charge in [-0.2, -0.15) is 4.31 Å². The number of hydrogen-bond acceptors (Lipinski definition) is 6. The summed E-state index contributed by atoms with van der Waals surface area (Å²) in [6, 6.07) is 1.44. The summed E-state index contributed by atoms with van der Waals surface area (Å²) < 4.78 is 30.8. The van der Waals surface area contributed by atoms with Crippen molar-refractivity contribution in [3.05, 3.63) is 18.0 Å². The minimum absolute atomic E-state index is 0. The Kier molecular flexibility index (Phi) is 6.62. The van der Waals surface area contributed by atoms with Crippen LogP contribution in [0.1, 0.15) is 25.0 Å². The molecular weight excluding hydrogens is 356 g/mol. The summed E-state index contributed by atoms with van der Waals surface area (Å²) in [6.45, 7) is 2.42. The molecule has 2 aliphatic rings. The highest BCUT2D eigenvalue weighted by atomic mass is 35.5. The molecule has 2 fully saturated rings. The Bertz CT molecular complexity index is 623. The first-order chi connectivity index (χ1) is 11.1. The van der Waals surface area contributed by atoms with Crippen LogP contribution in [-0.2, 0) is 20.6 Å². The Morgan fingerprint density at radius 3 is 2.62 bits per heavy atom. The SMILES string of the molecule is Cl.O=C(C1CCCCN1)N1CCN(S(=O)(=O)Cc2ccon2)CC1. The van der Waals surface area contributed by atoms with Gasteiger partial charge < -0.3 is 14.7 Å². The maximum Gasteiger partial charge on any atom is 0.239 e. The summed E-state index contributed by atoms with van der Waals surface area (Å²) in [4.78, 5) is 14.2. The lowest BCUT2D eigenvalue weighted by Gasteiger charge is -2.36. The minimum atomic E-state index is -3.42. The van der Waals surface area contributed by atoms with Crippen molar-refractivity contribution >= 4 is 28.3 Å². The van der Waals surface area contributed by atoms with Gasteiger partial charge in [-0.05, 0) is 19.4 Å². The van der Waals surface area contributed by atoms with Crippen LogP contribution in [0.15, 0.2) is 16.9 Å². The molecule has 24 heavy (non-hydrogen) atoms. The predicted molar refractivity (Wildman–Crippen MR) is 90.2 cm³/mol. The van der Waals surface area contributed by atoms with Gasteiger partial charge in [0.2, 0.25) is 15.9 Å². The van der Waals surface area contributed by atoms with E-state index in [1.54, 1.807) is 11.0 Å². The molecular formula is C14H23ClN4O4S. The third kappa shape index (κ3) is 4.47. The fourth-order valence-corrected chi connectivity index (χ4v) is 4.48. The van der Waals surface area contributed by atoms with Crippen molar-refractivity contribution in [1.29, 1.82) is 0 Å². The number of aromatic nitrogens is 1. The topological polar surface area (TPSA) is 95.8 Å². The van der Waals surface area contributed by atoms with Crippen LogP contribution >= 0.6 is 12.4 Å². The first-order valence-corrected chi connectivity index (χ1v) is 9.56. The lowest BCUT2D eigenvalue weighted by atomic mass is 10.0. The van der Waals surface area contributed by atoms with E-state index in [9.17, 15) is 13.2 Å². The molecule has 2 aliphatic heterocycles. The van der Waals surface area contributed by atoms with Gasteiger partial charge in [-0.1, -0.05) is 11.6 Å². The van der Waals surface area contributed by atoms with E-state index in [-0.39, 0.29) is 30.1 Å². The molecule has 10 heteroatoms. The summed E-state index contributed by atoms with van der Waals surface area (Å²) in [5.74, 6) is -0.0695. The Hall–Kier alpha value is -1.16. The Morgan fingerprint density at radius 2 is 2.04 bits per heavy atom. The van der Waals surface area contributed by atoms with Crippen LogP contribution in [0.5, 0.6) is 0 Å². The van der Waals surface area contributed by atoms with Crippen molar-refractivity contribution in [3.63, 3.8) is 0 Å². The number of piperazine rings is 1. The highest BCUT2D eigenvalue weighted by molar-refractivity contribution is 7.88. The predicted octanol–water partition coefficient (Wildman–Crippen LogP) is 0.213. The first-order valence-electron chi connectivity index (χ1n) is 7.95. The number of halogens is 1. The van der Waals surface area contributed by atoms with Crippen molar-refractivity contribution < 1.29 is 17.7 Å². The number of piperidine rings is 1. The van der Waals surface area contributed by atoms with Crippen LogP contribution in [0.25, 0.3) is 0 Å². The van der Waals surface area contributed by atoms with Crippen molar-refractivity contribution in [2.24, 2.45) is 0 Å². The maximum atomic E-state index is 12.4. The van der Waals surface area contributed by atoms with Gasteiger partial charge in [-0.25, -0.2) is 8.42 Å². The molecule has 1 atom stereocenters. The van der Waals surface area contributed by atoms with Gasteiger partial charge >= 0.3 is 0 Å². The standard InChI is InChI=1S/C14H22N4O4S.ClH/c19-14(13-3-1-2-5-15-13)17-6-8-18(9-7-17)23(20,21)11-12-4-10-22-16-12;/h4,10,13,15H,1-3,5-9,11H2;1H. The molecule has 0 saturated carbocycles. The third-order valence-electron chi connectivity index (χ3n) is 4.37. The number of amides is 1. The number of carbonyl (C=O) groups is 1. The molecule has 0 radical (unpaired) electrons. The molecule has 2 saturated heterocycles. The van der Waals surface area contributed by atoms with E-state index >= 15 is 0 Å². The van der Waals surface area contributed by atoms with E-state index in [0.29, 0.717) is 31.9 Å². The molecule has 1 aromatic heterocycles. The molecule has 3 rings (SSSR count). The van der Waals surface area contributed by atoms with Crippen LogP contribution in [0.2, 0.25) is 0 Å². The smallest absolute Gasteiger partial charge is 0.239 e. The van der Waals surface area contributed by atoms with Crippen molar-refractivity contribution in [1.82, 2.24) is 19.7 Å². The van der Waals surface area contributed by atoms with Crippen LogP contribution in [0, 0.1) is 0 Å². The monoisotopic (exact) mass is 378 g/mol. The van der Waals surface area contributed by atoms with Crippen molar-refractivity contribution in [2.75, 3.05) is 32.7 Å². The normalized spacial score (nSPS) is 22.8. The van der Waals surface area contributed by atoms with E-state index in [1.165, 1.54) is 10.6 Å². The number of nitrogens with one attached hydrogen (secondary N) is 1. The van der Waals surface area contributed by atoms with Gasteiger partial charge in [0.05, 0.1) is 11.7 Å². The van der Waals surface area contributed by atoms with Crippen LogP contribution in [0.3, 0.4) is 0 Å². The van der Waals surface area contributed by atoms with E-state index in [4.69, 9.17) is 0 Å². The Morgan fingerprint density at radius 1 is 1.29 bits per heavy atom. The zero-order chi connectivity index (χ0) is 16.3. The molecule has 0 aromatic carbocycles. The van der Waals surface area contributed by atoms with Crippen molar-refractivity contribution in [3.8, 4) is 0 Å². The largest absolute Gasteiger partial charge is 0.364 e. The van der Waals surface area contributed by atoms with Gasteiger partial charge in [0.25, 0.3) is 0 Å². The maximum absolute atomic E-state index is 12.4. The second-order valence-corrected chi connectivity index (χ2v) is 7.94. The molecule has 1 aromatic rings. The van der Waals surface area contributed by atoms with Gasteiger partial charge in [-0.15, -0.1) is 12.4 Å². The van der Waals surface area contributed by atoms with Crippen LogP contribution in [0.4, 0.5) is 0 Å².